The first-order valence-electron chi connectivity index (χ1n) is 8.93. The monoisotopic (exact) mass is 356 g/mol. The van der Waals surface area contributed by atoms with E-state index in [2.05, 4.69) is 12.2 Å². The van der Waals surface area contributed by atoms with Gasteiger partial charge in [0.2, 0.25) is 0 Å². The number of anilines is 1. The summed E-state index contributed by atoms with van der Waals surface area (Å²) in [6, 6.07) is 10.7. The van der Waals surface area contributed by atoms with Crippen LogP contribution in [0.4, 0.5) is 5.69 Å². The van der Waals surface area contributed by atoms with E-state index < -0.39 is 5.97 Å². The molecule has 2 heterocycles. The van der Waals surface area contributed by atoms with E-state index in [-0.39, 0.29) is 12.5 Å². The summed E-state index contributed by atoms with van der Waals surface area (Å²) in [7, 11) is 0. The minimum absolute atomic E-state index is 0.133. The predicted molar refractivity (Wildman–Crippen MR) is 97.7 cm³/mol. The summed E-state index contributed by atoms with van der Waals surface area (Å²) >= 11 is 0. The Hall–Kier alpha value is -2.76. The van der Waals surface area contributed by atoms with E-state index in [0.29, 0.717) is 23.7 Å². The maximum Gasteiger partial charge on any atom is 0.340 e. The van der Waals surface area contributed by atoms with Crippen LogP contribution in [0.25, 0.3) is 0 Å². The lowest BCUT2D eigenvalue weighted by Crippen LogP contribution is -2.40. The molecule has 26 heavy (non-hydrogen) atoms. The molecule has 0 radical (unpaired) electrons. The SMILES string of the molecule is CC1CCN(C(=O)COC(=O)c2ccccc2NCc2ccco2)CC1. The number of carbonyl (C=O) groups excluding carboxylic acids is 2. The molecule has 0 bridgehead atoms. The molecule has 0 aliphatic carbocycles. The summed E-state index contributed by atoms with van der Waals surface area (Å²) in [6.07, 6.45) is 3.60. The number of rotatable bonds is 6. The van der Waals surface area contributed by atoms with Crippen LogP contribution in [0.3, 0.4) is 0 Å². The lowest BCUT2D eigenvalue weighted by Gasteiger charge is -2.30. The van der Waals surface area contributed by atoms with Crippen LogP contribution in [0.5, 0.6) is 0 Å². The third-order valence-corrected chi connectivity index (χ3v) is 4.64. The number of furan rings is 1. The van der Waals surface area contributed by atoms with E-state index >= 15 is 0 Å². The van der Waals surface area contributed by atoms with Gasteiger partial charge in [-0.2, -0.15) is 0 Å². The number of carbonyl (C=O) groups is 2. The summed E-state index contributed by atoms with van der Waals surface area (Å²) in [5.41, 5.74) is 1.05. The molecule has 1 aromatic heterocycles. The largest absolute Gasteiger partial charge is 0.467 e. The Labute approximate surface area is 153 Å². The summed E-state index contributed by atoms with van der Waals surface area (Å²) in [5, 5.41) is 3.16. The molecule has 0 saturated carbocycles. The van der Waals surface area contributed by atoms with Crippen LogP contribution in [0.15, 0.2) is 47.1 Å². The summed E-state index contributed by atoms with van der Waals surface area (Å²) in [5.74, 6) is 0.772. The molecule has 6 heteroatoms. The average Bonchev–Trinajstić information content (AvgIpc) is 3.18. The quantitative estimate of drug-likeness (QED) is 0.804. The number of hydrogen-bond acceptors (Lipinski definition) is 5. The predicted octanol–water partition coefficient (Wildman–Crippen LogP) is 3.31. The Morgan fingerprint density at radius 1 is 1.19 bits per heavy atom. The van der Waals surface area contributed by atoms with Crippen LogP contribution >= 0.6 is 0 Å². The average molecular weight is 356 g/mol. The van der Waals surface area contributed by atoms with Crippen LogP contribution in [0, 0.1) is 5.92 Å². The number of nitrogens with one attached hydrogen (secondary N) is 1. The van der Waals surface area contributed by atoms with Crippen LogP contribution in [0.1, 0.15) is 35.9 Å². The van der Waals surface area contributed by atoms with Gasteiger partial charge in [-0.25, -0.2) is 4.79 Å². The molecule has 1 aliphatic heterocycles. The Bertz CT molecular complexity index is 734. The molecule has 0 unspecified atom stereocenters. The molecule has 1 aromatic carbocycles. The van der Waals surface area contributed by atoms with Gasteiger partial charge in [-0.15, -0.1) is 0 Å². The molecule has 6 nitrogen and oxygen atoms in total. The van der Waals surface area contributed by atoms with Gasteiger partial charge < -0.3 is 19.4 Å². The van der Waals surface area contributed by atoms with Crippen molar-refractivity contribution in [2.75, 3.05) is 25.0 Å². The lowest BCUT2D eigenvalue weighted by molar-refractivity contribution is -0.135. The smallest absolute Gasteiger partial charge is 0.340 e. The van der Waals surface area contributed by atoms with Gasteiger partial charge in [-0.3, -0.25) is 4.79 Å². The fourth-order valence-corrected chi connectivity index (χ4v) is 2.97. The number of nitrogens with zero attached hydrogens (tertiary/aromatic N) is 1. The normalized spacial score (nSPS) is 14.9. The highest BCUT2D eigenvalue weighted by molar-refractivity contribution is 5.96. The van der Waals surface area contributed by atoms with Crippen molar-refractivity contribution in [3.05, 3.63) is 54.0 Å². The van der Waals surface area contributed by atoms with E-state index in [1.807, 2.05) is 18.2 Å². The molecular weight excluding hydrogens is 332 g/mol. The van der Waals surface area contributed by atoms with Crippen LogP contribution in [-0.4, -0.2) is 36.5 Å². The minimum Gasteiger partial charge on any atom is -0.467 e. The number of piperidine rings is 1. The molecule has 2 aromatic rings. The van der Waals surface area contributed by atoms with E-state index in [1.54, 1.807) is 29.4 Å². The van der Waals surface area contributed by atoms with Crippen molar-refractivity contribution < 1.29 is 18.7 Å². The van der Waals surface area contributed by atoms with Gasteiger partial charge in [0.1, 0.15) is 5.76 Å². The van der Waals surface area contributed by atoms with Crippen molar-refractivity contribution in [2.24, 2.45) is 5.92 Å². The molecule has 1 aliphatic rings. The summed E-state index contributed by atoms with van der Waals surface area (Å²) in [6.45, 7) is 3.90. The maximum atomic E-state index is 12.4. The Morgan fingerprint density at radius 2 is 1.96 bits per heavy atom. The Balaban J connectivity index is 1.55. The highest BCUT2D eigenvalue weighted by Crippen LogP contribution is 2.19. The standard InChI is InChI=1S/C20H24N2O4/c1-15-8-10-22(11-9-15)19(23)14-26-20(24)17-6-2-3-7-18(17)21-13-16-5-4-12-25-16/h2-7,12,15,21H,8-11,13-14H2,1H3. The fraction of sp³-hybridized carbons (Fsp3) is 0.400. The second kappa shape index (κ2) is 8.56. The minimum atomic E-state index is -0.508. The van der Waals surface area contributed by atoms with Crippen LogP contribution < -0.4 is 5.32 Å². The molecule has 0 atom stereocenters. The van der Waals surface area contributed by atoms with E-state index in [1.165, 1.54) is 0 Å². The zero-order valence-electron chi connectivity index (χ0n) is 14.9. The number of benzene rings is 1. The highest BCUT2D eigenvalue weighted by atomic mass is 16.5. The summed E-state index contributed by atoms with van der Waals surface area (Å²) < 4.78 is 10.5. The first-order valence-corrected chi connectivity index (χ1v) is 8.93. The Morgan fingerprint density at radius 3 is 2.69 bits per heavy atom. The van der Waals surface area contributed by atoms with Gasteiger partial charge in [-0.05, 0) is 43.0 Å². The van der Waals surface area contributed by atoms with Crippen LogP contribution in [-0.2, 0) is 16.1 Å². The second-order valence-electron chi connectivity index (χ2n) is 6.62. The number of ether oxygens (including phenoxy) is 1. The number of para-hydroxylation sites is 1. The number of likely N-dealkylation sites (tertiary alicyclic amines) is 1. The first kappa shape index (κ1) is 18.0. The second-order valence-corrected chi connectivity index (χ2v) is 6.62. The molecular formula is C20H24N2O4. The zero-order chi connectivity index (χ0) is 18.4. The van der Waals surface area contributed by atoms with Crippen molar-refractivity contribution in [1.82, 2.24) is 4.90 Å². The fourth-order valence-electron chi connectivity index (χ4n) is 2.97. The van der Waals surface area contributed by atoms with Crippen LogP contribution in [0.2, 0.25) is 0 Å². The third-order valence-electron chi connectivity index (χ3n) is 4.64. The number of amides is 1. The molecule has 0 spiro atoms. The molecule has 3 rings (SSSR count). The van der Waals surface area contributed by atoms with Gasteiger partial charge in [0.25, 0.3) is 5.91 Å². The van der Waals surface area contributed by atoms with Gasteiger partial charge in [0.05, 0.1) is 18.4 Å². The van der Waals surface area contributed by atoms with Gasteiger partial charge in [-0.1, -0.05) is 19.1 Å². The summed E-state index contributed by atoms with van der Waals surface area (Å²) in [4.78, 5) is 26.4. The van der Waals surface area contributed by atoms with Crippen molar-refractivity contribution >= 4 is 17.6 Å². The maximum absolute atomic E-state index is 12.4. The van der Waals surface area contributed by atoms with Gasteiger partial charge in [0.15, 0.2) is 6.61 Å². The van der Waals surface area contributed by atoms with Crippen molar-refractivity contribution in [1.29, 1.82) is 0 Å². The Kier molecular flexibility index (Phi) is 5.94. The van der Waals surface area contributed by atoms with E-state index in [4.69, 9.17) is 9.15 Å². The van der Waals surface area contributed by atoms with Gasteiger partial charge in [0, 0.05) is 18.8 Å². The van der Waals surface area contributed by atoms with Crippen molar-refractivity contribution in [3.63, 3.8) is 0 Å². The highest BCUT2D eigenvalue weighted by Gasteiger charge is 2.22. The van der Waals surface area contributed by atoms with Crippen molar-refractivity contribution in [3.8, 4) is 0 Å². The van der Waals surface area contributed by atoms with E-state index in [9.17, 15) is 9.59 Å². The molecule has 1 amide bonds. The molecule has 1 saturated heterocycles. The topological polar surface area (TPSA) is 71.8 Å². The zero-order valence-corrected chi connectivity index (χ0v) is 14.9. The lowest BCUT2D eigenvalue weighted by atomic mass is 9.99. The molecule has 1 fully saturated rings. The molecule has 138 valence electrons. The van der Waals surface area contributed by atoms with E-state index in [0.717, 1.165) is 31.7 Å². The first-order chi connectivity index (χ1) is 12.6. The number of hydrogen-bond donors (Lipinski definition) is 1. The third kappa shape index (κ3) is 4.65. The van der Waals surface area contributed by atoms with Gasteiger partial charge >= 0.3 is 5.97 Å². The van der Waals surface area contributed by atoms with Crippen molar-refractivity contribution in [2.45, 2.75) is 26.3 Å². The number of esters is 1. The molecule has 1 N–H and O–H groups in total.